The van der Waals surface area contributed by atoms with Gasteiger partial charge in [0.05, 0.1) is 6.04 Å². The third-order valence-corrected chi connectivity index (χ3v) is 4.84. The van der Waals surface area contributed by atoms with E-state index in [1.165, 1.54) is 0 Å². The smallest absolute Gasteiger partial charge is 0.254 e. The fourth-order valence-electron chi connectivity index (χ4n) is 3.58. The van der Waals surface area contributed by atoms with Crippen molar-refractivity contribution in [3.8, 4) is 0 Å². The Morgan fingerprint density at radius 1 is 1.11 bits per heavy atom. The van der Waals surface area contributed by atoms with Crippen LogP contribution in [0.3, 0.4) is 0 Å². The number of amides is 2. The SMILES string of the molecule is CC(C)N1C(=O)CO[C@H](C(=O)N(C)Cc2ccccc2)[C@H]1c1ccccc1. The van der Waals surface area contributed by atoms with Gasteiger partial charge in [0.2, 0.25) is 5.91 Å². The minimum absolute atomic E-state index is 0.0265. The predicted octanol–water partition coefficient (Wildman–Crippen LogP) is 3.02. The quantitative estimate of drug-likeness (QED) is 0.817. The van der Waals surface area contributed by atoms with Crippen molar-refractivity contribution in [2.45, 2.75) is 38.6 Å². The van der Waals surface area contributed by atoms with Crippen LogP contribution in [0, 0.1) is 0 Å². The monoisotopic (exact) mass is 366 g/mol. The zero-order valence-corrected chi connectivity index (χ0v) is 16.0. The number of nitrogens with zero attached hydrogens (tertiary/aromatic N) is 2. The molecule has 3 rings (SSSR count). The zero-order valence-electron chi connectivity index (χ0n) is 16.0. The van der Waals surface area contributed by atoms with Gasteiger partial charge in [-0.1, -0.05) is 60.7 Å². The van der Waals surface area contributed by atoms with Gasteiger partial charge in [0.1, 0.15) is 6.61 Å². The number of likely N-dealkylation sites (N-methyl/N-ethyl adjacent to an activating group) is 1. The Balaban J connectivity index is 1.89. The molecular weight excluding hydrogens is 340 g/mol. The van der Waals surface area contributed by atoms with Crippen LogP contribution in [0.4, 0.5) is 0 Å². The van der Waals surface area contributed by atoms with Gasteiger partial charge in [0.25, 0.3) is 5.91 Å². The van der Waals surface area contributed by atoms with Crippen LogP contribution in [0.1, 0.15) is 31.0 Å². The molecule has 2 aromatic carbocycles. The largest absolute Gasteiger partial charge is 0.356 e. The van der Waals surface area contributed by atoms with Crippen molar-refractivity contribution in [1.82, 2.24) is 9.80 Å². The summed E-state index contributed by atoms with van der Waals surface area (Å²) in [6.45, 7) is 4.36. The van der Waals surface area contributed by atoms with Crippen molar-refractivity contribution >= 4 is 11.8 Å². The van der Waals surface area contributed by atoms with Gasteiger partial charge in [0, 0.05) is 19.6 Å². The number of carbonyl (C=O) groups is 2. The molecule has 142 valence electrons. The van der Waals surface area contributed by atoms with Crippen molar-refractivity contribution in [1.29, 1.82) is 0 Å². The maximum atomic E-state index is 13.2. The Labute approximate surface area is 160 Å². The van der Waals surface area contributed by atoms with E-state index >= 15 is 0 Å². The molecule has 27 heavy (non-hydrogen) atoms. The van der Waals surface area contributed by atoms with E-state index in [0.717, 1.165) is 11.1 Å². The number of carbonyl (C=O) groups excluding carboxylic acids is 2. The van der Waals surface area contributed by atoms with Gasteiger partial charge in [0.15, 0.2) is 6.10 Å². The van der Waals surface area contributed by atoms with Gasteiger partial charge in [-0.05, 0) is 25.0 Å². The van der Waals surface area contributed by atoms with Crippen LogP contribution in [0.5, 0.6) is 0 Å². The first kappa shape index (κ1) is 19.1. The molecule has 1 aliphatic rings. The van der Waals surface area contributed by atoms with Gasteiger partial charge >= 0.3 is 0 Å². The standard InChI is InChI=1S/C22H26N2O3/c1-16(2)24-19(25)15-27-21(20(24)18-12-8-5-9-13-18)22(26)23(3)14-17-10-6-4-7-11-17/h4-13,16,20-21H,14-15H2,1-3H3/t20-,21+/m1/s1. The second-order valence-electron chi connectivity index (χ2n) is 7.16. The Kier molecular flexibility index (Phi) is 5.91. The van der Waals surface area contributed by atoms with Crippen molar-refractivity contribution in [3.05, 3.63) is 71.8 Å². The van der Waals surface area contributed by atoms with Crippen molar-refractivity contribution < 1.29 is 14.3 Å². The fourth-order valence-corrected chi connectivity index (χ4v) is 3.58. The molecule has 1 fully saturated rings. The van der Waals surface area contributed by atoms with Gasteiger partial charge in [-0.15, -0.1) is 0 Å². The van der Waals surface area contributed by atoms with E-state index < -0.39 is 12.1 Å². The first-order valence-corrected chi connectivity index (χ1v) is 9.25. The Bertz CT molecular complexity index is 777. The van der Waals surface area contributed by atoms with Crippen LogP contribution in [-0.2, 0) is 20.9 Å². The molecule has 0 spiro atoms. The molecule has 0 bridgehead atoms. The van der Waals surface area contributed by atoms with Crippen molar-refractivity contribution in [3.63, 3.8) is 0 Å². The van der Waals surface area contributed by atoms with E-state index in [4.69, 9.17) is 4.74 Å². The van der Waals surface area contributed by atoms with E-state index in [1.807, 2.05) is 74.5 Å². The van der Waals surface area contributed by atoms with E-state index in [0.29, 0.717) is 6.54 Å². The summed E-state index contributed by atoms with van der Waals surface area (Å²) in [6.07, 6.45) is -0.721. The summed E-state index contributed by atoms with van der Waals surface area (Å²) in [7, 11) is 1.77. The summed E-state index contributed by atoms with van der Waals surface area (Å²) in [5, 5.41) is 0. The number of hydrogen-bond donors (Lipinski definition) is 0. The number of ether oxygens (including phenoxy) is 1. The highest BCUT2D eigenvalue weighted by Crippen LogP contribution is 2.33. The average Bonchev–Trinajstić information content (AvgIpc) is 2.68. The molecule has 2 atom stereocenters. The molecular formula is C22H26N2O3. The first-order valence-electron chi connectivity index (χ1n) is 9.25. The van der Waals surface area contributed by atoms with Gasteiger partial charge in [-0.3, -0.25) is 9.59 Å². The maximum absolute atomic E-state index is 13.2. The molecule has 5 heteroatoms. The lowest BCUT2D eigenvalue weighted by Crippen LogP contribution is -2.56. The van der Waals surface area contributed by atoms with Crippen LogP contribution in [-0.4, -0.2) is 47.4 Å². The zero-order chi connectivity index (χ0) is 19.4. The van der Waals surface area contributed by atoms with Crippen LogP contribution in [0.15, 0.2) is 60.7 Å². The van der Waals surface area contributed by atoms with Gasteiger partial charge in [-0.2, -0.15) is 0 Å². The molecule has 5 nitrogen and oxygen atoms in total. The van der Waals surface area contributed by atoms with E-state index in [9.17, 15) is 9.59 Å². The highest BCUT2D eigenvalue weighted by Gasteiger charge is 2.43. The highest BCUT2D eigenvalue weighted by molar-refractivity contribution is 5.86. The molecule has 2 aromatic rings. The minimum Gasteiger partial charge on any atom is -0.356 e. The summed E-state index contributed by atoms with van der Waals surface area (Å²) in [5.74, 6) is -0.209. The molecule has 0 aromatic heterocycles. The molecule has 0 N–H and O–H groups in total. The van der Waals surface area contributed by atoms with Crippen molar-refractivity contribution in [2.24, 2.45) is 0 Å². The van der Waals surface area contributed by atoms with Gasteiger partial charge in [-0.25, -0.2) is 0 Å². The molecule has 0 radical (unpaired) electrons. The van der Waals surface area contributed by atoms with Crippen molar-refractivity contribution in [2.75, 3.05) is 13.7 Å². The third-order valence-electron chi connectivity index (χ3n) is 4.84. The third kappa shape index (κ3) is 4.19. The van der Waals surface area contributed by atoms with E-state index in [-0.39, 0.29) is 24.5 Å². The molecule has 1 aliphatic heterocycles. The molecule has 2 amide bonds. The van der Waals surface area contributed by atoms with E-state index in [2.05, 4.69) is 0 Å². The normalized spacial score (nSPS) is 20.0. The Morgan fingerprint density at radius 3 is 2.30 bits per heavy atom. The number of benzene rings is 2. The number of rotatable bonds is 5. The van der Waals surface area contributed by atoms with E-state index in [1.54, 1.807) is 16.8 Å². The fraction of sp³-hybridized carbons (Fsp3) is 0.364. The van der Waals surface area contributed by atoms with Crippen LogP contribution < -0.4 is 0 Å². The second kappa shape index (κ2) is 8.35. The Morgan fingerprint density at radius 2 is 1.70 bits per heavy atom. The average molecular weight is 366 g/mol. The number of hydrogen-bond acceptors (Lipinski definition) is 3. The molecule has 1 heterocycles. The van der Waals surface area contributed by atoms with Crippen LogP contribution >= 0.6 is 0 Å². The lowest BCUT2D eigenvalue weighted by molar-refractivity contribution is -0.171. The topological polar surface area (TPSA) is 49.9 Å². The first-order chi connectivity index (χ1) is 13.0. The van der Waals surface area contributed by atoms with Crippen LogP contribution in [0.25, 0.3) is 0 Å². The lowest BCUT2D eigenvalue weighted by Gasteiger charge is -2.43. The van der Waals surface area contributed by atoms with Gasteiger partial charge < -0.3 is 14.5 Å². The number of morpholine rings is 1. The Hall–Kier alpha value is -2.66. The summed E-state index contributed by atoms with van der Waals surface area (Å²) >= 11 is 0. The summed E-state index contributed by atoms with van der Waals surface area (Å²) in [5.41, 5.74) is 1.96. The summed E-state index contributed by atoms with van der Waals surface area (Å²) < 4.78 is 5.78. The van der Waals surface area contributed by atoms with Crippen LogP contribution in [0.2, 0.25) is 0 Å². The lowest BCUT2D eigenvalue weighted by atomic mass is 9.95. The predicted molar refractivity (Wildman–Crippen MR) is 104 cm³/mol. The molecule has 0 unspecified atom stereocenters. The second-order valence-corrected chi connectivity index (χ2v) is 7.16. The highest BCUT2D eigenvalue weighted by atomic mass is 16.5. The summed E-state index contributed by atoms with van der Waals surface area (Å²) in [6, 6.07) is 19.0. The molecule has 1 saturated heterocycles. The maximum Gasteiger partial charge on any atom is 0.254 e. The minimum atomic E-state index is -0.721. The molecule has 0 aliphatic carbocycles. The summed E-state index contributed by atoms with van der Waals surface area (Å²) in [4.78, 5) is 29.2. The molecule has 0 saturated carbocycles.